The summed E-state index contributed by atoms with van der Waals surface area (Å²) in [6.07, 6.45) is 0. The minimum Gasteiger partial charge on any atom is -0.225 e. The molecule has 0 fully saturated rings. The third-order valence-electron chi connectivity index (χ3n) is 1.51. The highest BCUT2D eigenvalue weighted by molar-refractivity contribution is 7.22. The number of hydrogen-bond donors (Lipinski definition) is 0. The Balaban J connectivity index is 2.89. The lowest BCUT2D eigenvalue weighted by molar-refractivity contribution is 1.48. The van der Waals surface area contributed by atoms with Crippen molar-refractivity contribution in [2.75, 3.05) is 0 Å². The van der Waals surface area contributed by atoms with Crippen molar-refractivity contribution in [3.63, 3.8) is 0 Å². The maximum absolute atomic E-state index is 8.73. The monoisotopic (exact) mass is 194 g/mol. The van der Waals surface area contributed by atoms with E-state index in [9.17, 15) is 0 Å². The first-order chi connectivity index (χ1) is 5.81. The fourth-order valence-corrected chi connectivity index (χ4v) is 2.09. The molecule has 58 valence electrons. The van der Waals surface area contributed by atoms with Gasteiger partial charge < -0.3 is 0 Å². The normalized spacial score (nSPS) is 10.0. The highest BCUT2D eigenvalue weighted by Gasteiger charge is 2.04. The molecule has 0 spiro atoms. The largest absolute Gasteiger partial charge is 0.225 e. The quantitative estimate of drug-likeness (QED) is 0.647. The van der Waals surface area contributed by atoms with Gasteiger partial charge in [0.05, 0.1) is 15.8 Å². The van der Waals surface area contributed by atoms with Crippen molar-refractivity contribution >= 4 is 33.2 Å². The number of benzene rings is 1. The Morgan fingerprint density at radius 1 is 1.50 bits per heavy atom. The van der Waals surface area contributed by atoms with Crippen molar-refractivity contribution < 1.29 is 0 Å². The fourth-order valence-electron chi connectivity index (χ4n) is 1.01. The molecule has 1 aromatic carbocycles. The molecule has 2 aromatic rings. The number of thiazole rings is 1. The van der Waals surface area contributed by atoms with Gasteiger partial charge in [-0.3, -0.25) is 0 Å². The van der Waals surface area contributed by atoms with Crippen molar-refractivity contribution in [1.82, 2.24) is 4.98 Å². The molecule has 0 saturated carbocycles. The molecule has 0 atom stereocenters. The van der Waals surface area contributed by atoms with E-state index in [0.717, 1.165) is 10.2 Å². The van der Waals surface area contributed by atoms with Gasteiger partial charge in [-0.1, -0.05) is 17.7 Å². The van der Waals surface area contributed by atoms with Crippen LogP contribution in [0.25, 0.3) is 10.2 Å². The molecule has 0 aliphatic rings. The molecule has 0 unspecified atom stereocenters. The molecule has 0 saturated heterocycles. The van der Waals surface area contributed by atoms with Gasteiger partial charge in [0.25, 0.3) is 0 Å². The Kier molecular flexibility index (Phi) is 1.72. The molecular formula is C8H3ClN2S. The predicted octanol–water partition coefficient (Wildman–Crippen LogP) is 2.82. The molecule has 1 heterocycles. The van der Waals surface area contributed by atoms with Crippen LogP contribution >= 0.6 is 22.9 Å². The highest BCUT2D eigenvalue weighted by atomic mass is 35.5. The van der Waals surface area contributed by atoms with Gasteiger partial charge in [-0.05, 0) is 12.1 Å². The van der Waals surface area contributed by atoms with Crippen molar-refractivity contribution in [2.24, 2.45) is 0 Å². The summed E-state index contributed by atoms with van der Waals surface area (Å²) < 4.78 is 1.35. The maximum atomic E-state index is 8.73. The standard InChI is InChI=1S/C8H3ClN2S/c9-8-11-6-3-1-2-5(4-10)7(6)12-8/h1-3H. The maximum Gasteiger partial charge on any atom is 0.184 e. The van der Waals surface area contributed by atoms with Crippen LogP contribution in [-0.4, -0.2) is 4.98 Å². The molecule has 0 N–H and O–H groups in total. The van der Waals surface area contributed by atoms with Gasteiger partial charge in [-0.2, -0.15) is 5.26 Å². The lowest BCUT2D eigenvalue weighted by Gasteiger charge is -1.87. The topological polar surface area (TPSA) is 36.7 Å². The zero-order valence-corrected chi connectivity index (χ0v) is 7.49. The summed E-state index contributed by atoms with van der Waals surface area (Å²) in [7, 11) is 0. The van der Waals surface area contributed by atoms with Crippen molar-refractivity contribution in [2.45, 2.75) is 0 Å². The molecule has 0 bridgehead atoms. The Labute approximate surface area is 78.0 Å². The SMILES string of the molecule is N#Cc1cccc2nc(Cl)sc12. The van der Waals surface area contributed by atoms with Crippen LogP contribution in [0.2, 0.25) is 4.47 Å². The molecule has 4 heteroatoms. The van der Waals surface area contributed by atoms with Crippen LogP contribution < -0.4 is 0 Å². The van der Waals surface area contributed by atoms with E-state index in [0.29, 0.717) is 10.0 Å². The van der Waals surface area contributed by atoms with Gasteiger partial charge in [0.1, 0.15) is 6.07 Å². The van der Waals surface area contributed by atoms with E-state index in [-0.39, 0.29) is 0 Å². The molecule has 0 aliphatic heterocycles. The van der Waals surface area contributed by atoms with Crippen molar-refractivity contribution in [1.29, 1.82) is 5.26 Å². The molecule has 12 heavy (non-hydrogen) atoms. The number of nitriles is 1. The minimum atomic E-state index is 0.479. The number of nitrogens with zero attached hydrogens (tertiary/aromatic N) is 2. The summed E-state index contributed by atoms with van der Waals surface area (Å²) in [4.78, 5) is 4.05. The number of aromatic nitrogens is 1. The Morgan fingerprint density at radius 3 is 3.08 bits per heavy atom. The van der Waals surface area contributed by atoms with Crippen LogP contribution in [0.15, 0.2) is 18.2 Å². The van der Waals surface area contributed by atoms with E-state index in [1.807, 2.05) is 6.07 Å². The summed E-state index contributed by atoms with van der Waals surface area (Å²) in [5.74, 6) is 0. The van der Waals surface area contributed by atoms with Crippen molar-refractivity contribution in [3.05, 3.63) is 28.2 Å². The van der Waals surface area contributed by atoms with E-state index in [1.54, 1.807) is 12.1 Å². The van der Waals surface area contributed by atoms with Crippen LogP contribution in [-0.2, 0) is 0 Å². The first kappa shape index (κ1) is 7.53. The summed E-state index contributed by atoms with van der Waals surface area (Å²) in [6, 6.07) is 7.50. The summed E-state index contributed by atoms with van der Waals surface area (Å²) >= 11 is 7.05. The molecule has 0 radical (unpaired) electrons. The van der Waals surface area contributed by atoms with Crippen LogP contribution in [0.5, 0.6) is 0 Å². The highest BCUT2D eigenvalue weighted by Crippen LogP contribution is 2.27. The second-order valence-electron chi connectivity index (χ2n) is 2.23. The van der Waals surface area contributed by atoms with Gasteiger partial charge in [0, 0.05) is 0 Å². The van der Waals surface area contributed by atoms with Crippen molar-refractivity contribution in [3.8, 4) is 6.07 Å². The third-order valence-corrected chi connectivity index (χ3v) is 2.72. The van der Waals surface area contributed by atoms with Gasteiger partial charge in [0.15, 0.2) is 4.47 Å². The summed E-state index contributed by atoms with van der Waals surface area (Å²) in [5, 5.41) is 8.73. The first-order valence-corrected chi connectivity index (χ1v) is 4.46. The van der Waals surface area contributed by atoms with E-state index >= 15 is 0 Å². The number of rotatable bonds is 0. The van der Waals surface area contributed by atoms with Gasteiger partial charge in [-0.25, -0.2) is 4.98 Å². The third kappa shape index (κ3) is 1.06. The molecular weight excluding hydrogens is 192 g/mol. The summed E-state index contributed by atoms with van der Waals surface area (Å²) in [5.41, 5.74) is 1.43. The smallest absolute Gasteiger partial charge is 0.184 e. The average molecular weight is 195 g/mol. The van der Waals surface area contributed by atoms with E-state index in [1.165, 1.54) is 11.3 Å². The van der Waals surface area contributed by atoms with Gasteiger partial charge in [0.2, 0.25) is 0 Å². The van der Waals surface area contributed by atoms with Gasteiger partial charge >= 0.3 is 0 Å². The molecule has 1 aromatic heterocycles. The molecule has 0 aliphatic carbocycles. The number of halogens is 1. The van der Waals surface area contributed by atoms with Crippen LogP contribution in [0.1, 0.15) is 5.56 Å². The first-order valence-electron chi connectivity index (χ1n) is 3.26. The number of hydrogen-bond acceptors (Lipinski definition) is 3. The van der Waals surface area contributed by atoms with Gasteiger partial charge in [-0.15, -0.1) is 11.3 Å². The van der Waals surface area contributed by atoms with E-state index in [4.69, 9.17) is 16.9 Å². The van der Waals surface area contributed by atoms with Crippen LogP contribution in [0, 0.1) is 11.3 Å². The molecule has 2 rings (SSSR count). The minimum absolute atomic E-state index is 0.479. The Bertz CT molecular complexity index is 469. The Hall–Kier alpha value is -1.11. The Morgan fingerprint density at radius 2 is 2.33 bits per heavy atom. The number of fused-ring (bicyclic) bond motifs is 1. The second kappa shape index (κ2) is 2.74. The average Bonchev–Trinajstić information content (AvgIpc) is 2.44. The zero-order valence-electron chi connectivity index (χ0n) is 5.91. The van der Waals surface area contributed by atoms with Crippen LogP contribution in [0.4, 0.5) is 0 Å². The lowest BCUT2D eigenvalue weighted by atomic mass is 10.2. The van der Waals surface area contributed by atoms with Crippen LogP contribution in [0.3, 0.4) is 0 Å². The second-order valence-corrected chi connectivity index (χ2v) is 3.81. The fraction of sp³-hybridized carbons (Fsp3) is 0. The predicted molar refractivity (Wildman–Crippen MR) is 49.3 cm³/mol. The van der Waals surface area contributed by atoms with E-state index in [2.05, 4.69) is 11.1 Å². The zero-order chi connectivity index (χ0) is 8.55. The molecule has 2 nitrogen and oxygen atoms in total. The summed E-state index contributed by atoms with van der Waals surface area (Å²) in [6.45, 7) is 0. The van der Waals surface area contributed by atoms with E-state index < -0.39 is 0 Å². The lowest BCUT2D eigenvalue weighted by Crippen LogP contribution is -1.72. The molecule has 0 amide bonds.